The first-order valence-electron chi connectivity index (χ1n) is 5.01. The molecule has 0 fully saturated rings. The molecule has 0 bridgehead atoms. The summed E-state index contributed by atoms with van der Waals surface area (Å²) in [6, 6.07) is 7.88. The van der Waals surface area contributed by atoms with Gasteiger partial charge in [-0.15, -0.1) is 11.8 Å². The van der Waals surface area contributed by atoms with E-state index in [1.165, 1.54) is 6.92 Å². The van der Waals surface area contributed by atoms with E-state index in [2.05, 4.69) is 5.32 Å². The van der Waals surface area contributed by atoms with Gasteiger partial charge in [-0.1, -0.05) is 18.2 Å². The van der Waals surface area contributed by atoms with Gasteiger partial charge >= 0.3 is 0 Å². The Labute approximate surface area is 99.6 Å². The largest absolute Gasteiger partial charge is 0.352 e. The predicted molar refractivity (Wildman–Crippen MR) is 65.4 cm³/mol. The molecule has 4 heteroatoms. The molecule has 0 saturated heterocycles. The number of carbonyl (C=O) groups is 2. The minimum absolute atomic E-state index is 0.0402. The van der Waals surface area contributed by atoms with Gasteiger partial charge in [0.1, 0.15) is 5.78 Å². The maximum Gasteiger partial charge on any atom is 0.227 e. The fraction of sp³-hybridized carbons (Fsp3) is 0.333. The molecule has 0 heterocycles. The molecule has 0 saturated carbocycles. The fourth-order valence-electron chi connectivity index (χ4n) is 1.33. The predicted octanol–water partition coefficient (Wildman–Crippen LogP) is 2.00. The monoisotopic (exact) mass is 237 g/mol. The van der Waals surface area contributed by atoms with E-state index in [1.807, 2.05) is 30.5 Å². The number of nitrogens with one attached hydrogen (secondary N) is 1. The Morgan fingerprint density at radius 1 is 1.31 bits per heavy atom. The molecule has 1 N–H and O–H groups in total. The summed E-state index contributed by atoms with van der Waals surface area (Å²) in [7, 11) is 0. The molecule has 0 spiro atoms. The van der Waals surface area contributed by atoms with Crippen molar-refractivity contribution in [3.63, 3.8) is 0 Å². The lowest BCUT2D eigenvalue weighted by molar-refractivity contribution is -0.127. The van der Waals surface area contributed by atoms with Crippen molar-refractivity contribution in [1.29, 1.82) is 0 Å². The van der Waals surface area contributed by atoms with Crippen LogP contribution in [-0.2, 0) is 16.1 Å². The van der Waals surface area contributed by atoms with Crippen molar-refractivity contribution in [2.24, 2.45) is 0 Å². The van der Waals surface area contributed by atoms with Crippen molar-refractivity contribution in [3.8, 4) is 0 Å². The Bertz CT molecular complexity index is 390. The molecule has 1 aromatic rings. The number of ketones is 1. The van der Waals surface area contributed by atoms with Crippen molar-refractivity contribution < 1.29 is 9.59 Å². The third kappa shape index (κ3) is 4.06. The normalized spacial score (nSPS) is 9.88. The lowest BCUT2D eigenvalue weighted by Gasteiger charge is -2.08. The highest BCUT2D eigenvalue weighted by Crippen LogP contribution is 2.19. The molecule has 0 radical (unpaired) electrons. The van der Waals surface area contributed by atoms with Gasteiger partial charge in [-0.25, -0.2) is 0 Å². The molecule has 0 aliphatic rings. The summed E-state index contributed by atoms with van der Waals surface area (Å²) >= 11 is 1.64. The highest BCUT2D eigenvalue weighted by Gasteiger charge is 2.06. The maximum atomic E-state index is 11.3. The summed E-state index contributed by atoms with van der Waals surface area (Å²) in [6.07, 6.45) is 1.96. The molecule has 16 heavy (non-hydrogen) atoms. The van der Waals surface area contributed by atoms with Crippen molar-refractivity contribution in [1.82, 2.24) is 5.32 Å². The lowest BCUT2D eigenvalue weighted by atomic mass is 10.2. The Hall–Kier alpha value is -1.29. The average molecular weight is 237 g/mol. The van der Waals surface area contributed by atoms with Gasteiger partial charge in [0.25, 0.3) is 0 Å². The Kier molecular flexibility index (Phi) is 5.05. The number of hydrogen-bond donors (Lipinski definition) is 1. The zero-order valence-corrected chi connectivity index (χ0v) is 10.3. The number of rotatable bonds is 5. The highest BCUT2D eigenvalue weighted by molar-refractivity contribution is 7.98. The Morgan fingerprint density at radius 3 is 2.62 bits per heavy atom. The van der Waals surface area contributed by atoms with Crippen molar-refractivity contribution in [2.45, 2.75) is 24.8 Å². The standard InChI is InChI=1S/C12H15NO2S/c1-9(14)7-12(15)13-8-10-5-3-4-6-11(10)16-2/h3-6H,7-8H2,1-2H3,(H,13,15). The van der Waals surface area contributed by atoms with Crippen LogP contribution in [-0.4, -0.2) is 17.9 Å². The molecule has 0 aliphatic heterocycles. The van der Waals surface area contributed by atoms with E-state index in [0.29, 0.717) is 6.54 Å². The van der Waals surface area contributed by atoms with Gasteiger partial charge in [0.05, 0.1) is 6.42 Å². The van der Waals surface area contributed by atoms with Gasteiger partial charge < -0.3 is 5.32 Å². The van der Waals surface area contributed by atoms with E-state index in [-0.39, 0.29) is 18.1 Å². The van der Waals surface area contributed by atoms with E-state index < -0.39 is 0 Å². The smallest absolute Gasteiger partial charge is 0.227 e. The minimum Gasteiger partial charge on any atom is -0.352 e. The van der Waals surface area contributed by atoms with Crippen molar-refractivity contribution in [3.05, 3.63) is 29.8 Å². The number of benzene rings is 1. The van der Waals surface area contributed by atoms with E-state index in [4.69, 9.17) is 0 Å². The van der Waals surface area contributed by atoms with Crippen LogP contribution in [0.2, 0.25) is 0 Å². The van der Waals surface area contributed by atoms with Gasteiger partial charge in [-0.3, -0.25) is 9.59 Å². The first-order valence-corrected chi connectivity index (χ1v) is 6.24. The van der Waals surface area contributed by atoms with Crippen LogP contribution in [0.5, 0.6) is 0 Å². The maximum absolute atomic E-state index is 11.3. The second-order valence-corrected chi connectivity index (χ2v) is 4.32. The number of Topliss-reactive ketones (excluding diaryl/α,β-unsaturated/α-hetero) is 1. The van der Waals surface area contributed by atoms with E-state index in [9.17, 15) is 9.59 Å². The summed E-state index contributed by atoms with van der Waals surface area (Å²) in [5, 5.41) is 2.73. The van der Waals surface area contributed by atoms with Crippen LogP contribution < -0.4 is 5.32 Å². The molecule has 0 aromatic heterocycles. The van der Waals surface area contributed by atoms with E-state index in [1.54, 1.807) is 11.8 Å². The second-order valence-electron chi connectivity index (χ2n) is 3.47. The number of hydrogen-bond acceptors (Lipinski definition) is 3. The molecule has 1 amide bonds. The van der Waals surface area contributed by atoms with Crippen molar-refractivity contribution >= 4 is 23.5 Å². The number of thioether (sulfide) groups is 1. The zero-order chi connectivity index (χ0) is 12.0. The minimum atomic E-state index is -0.219. The lowest BCUT2D eigenvalue weighted by Crippen LogP contribution is -2.24. The molecule has 3 nitrogen and oxygen atoms in total. The highest BCUT2D eigenvalue weighted by atomic mass is 32.2. The third-order valence-corrected chi connectivity index (χ3v) is 2.92. The summed E-state index contributed by atoms with van der Waals surface area (Å²) in [4.78, 5) is 23.2. The van der Waals surface area contributed by atoms with Gasteiger partial charge in [0.2, 0.25) is 5.91 Å². The van der Waals surface area contributed by atoms with E-state index >= 15 is 0 Å². The second kappa shape index (κ2) is 6.33. The van der Waals surface area contributed by atoms with Crippen LogP contribution in [0.25, 0.3) is 0 Å². The summed E-state index contributed by atoms with van der Waals surface area (Å²) in [5.41, 5.74) is 1.08. The zero-order valence-electron chi connectivity index (χ0n) is 9.45. The van der Waals surface area contributed by atoms with Crippen LogP contribution in [0.4, 0.5) is 0 Å². The first-order chi connectivity index (χ1) is 7.63. The number of amides is 1. The SMILES string of the molecule is CSc1ccccc1CNC(=O)CC(C)=O. The van der Waals surface area contributed by atoms with Crippen LogP contribution in [0.3, 0.4) is 0 Å². The third-order valence-electron chi connectivity index (χ3n) is 2.08. The molecule has 0 unspecified atom stereocenters. The van der Waals surface area contributed by atoms with Crippen molar-refractivity contribution in [2.75, 3.05) is 6.26 Å². The Balaban J connectivity index is 2.54. The Morgan fingerprint density at radius 2 is 2.00 bits per heavy atom. The molecule has 0 aliphatic carbocycles. The molecule has 1 aromatic carbocycles. The molecule has 86 valence electrons. The quantitative estimate of drug-likeness (QED) is 0.629. The summed E-state index contributed by atoms with van der Waals surface area (Å²) < 4.78 is 0. The van der Waals surface area contributed by atoms with Gasteiger partial charge in [0.15, 0.2) is 0 Å². The van der Waals surface area contributed by atoms with Gasteiger partial charge in [-0.2, -0.15) is 0 Å². The molecule has 1 rings (SSSR count). The van der Waals surface area contributed by atoms with E-state index in [0.717, 1.165) is 10.5 Å². The van der Waals surface area contributed by atoms with Crippen LogP contribution >= 0.6 is 11.8 Å². The van der Waals surface area contributed by atoms with Gasteiger partial charge in [-0.05, 0) is 24.8 Å². The first kappa shape index (κ1) is 12.8. The molecular weight excluding hydrogens is 222 g/mol. The fourth-order valence-corrected chi connectivity index (χ4v) is 1.95. The molecular formula is C12H15NO2S. The van der Waals surface area contributed by atoms with Gasteiger partial charge in [0, 0.05) is 11.4 Å². The van der Waals surface area contributed by atoms with Crippen LogP contribution in [0.1, 0.15) is 18.9 Å². The average Bonchev–Trinajstić information content (AvgIpc) is 2.26. The topological polar surface area (TPSA) is 46.2 Å². The van der Waals surface area contributed by atoms with Crippen LogP contribution in [0, 0.1) is 0 Å². The summed E-state index contributed by atoms with van der Waals surface area (Å²) in [6.45, 7) is 1.89. The van der Waals surface area contributed by atoms with Crippen LogP contribution in [0.15, 0.2) is 29.2 Å². The number of carbonyl (C=O) groups excluding carboxylic acids is 2. The molecule has 0 atom stereocenters. The summed E-state index contributed by atoms with van der Waals surface area (Å²) in [5.74, 6) is -0.334.